The lowest BCUT2D eigenvalue weighted by Crippen LogP contribution is -2.59. The van der Waals surface area contributed by atoms with E-state index in [0.29, 0.717) is 6.42 Å². The highest BCUT2D eigenvalue weighted by atomic mass is 16.4. The van der Waals surface area contributed by atoms with Crippen molar-refractivity contribution in [2.75, 3.05) is 0 Å². The second-order valence-electron chi connectivity index (χ2n) is 9.30. The number of amides is 4. The summed E-state index contributed by atoms with van der Waals surface area (Å²) in [6.07, 6.45) is 0.596. The van der Waals surface area contributed by atoms with Crippen LogP contribution in [0.2, 0.25) is 0 Å². The molecular formula is C25H39N5O6. The molecule has 4 amide bonds. The zero-order chi connectivity index (χ0) is 27.4. The molecule has 1 rings (SSSR count). The average molecular weight is 506 g/mol. The van der Waals surface area contributed by atoms with E-state index in [1.165, 1.54) is 0 Å². The number of carbonyl (C=O) groups excluding carboxylic acids is 4. The summed E-state index contributed by atoms with van der Waals surface area (Å²) in [5, 5.41) is 17.4. The minimum absolute atomic E-state index is 0.0266. The highest BCUT2D eigenvalue weighted by Gasteiger charge is 2.33. The van der Waals surface area contributed by atoms with Crippen molar-refractivity contribution >= 4 is 29.6 Å². The van der Waals surface area contributed by atoms with Crippen LogP contribution in [0.5, 0.6) is 0 Å². The maximum Gasteiger partial charge on any atom is 0.326 e. The summed E-state index contributed by atoms with van der Waals surface area (Å²) in [4.78, 5) is 61.5. The van der Waals surface area contributed by atoms with Crippen molar-refractivity contribution in [3.8, 4) is 0 Å². The van der Waals surface area contributed by atoms with Crippen molar-refractivity contribution < 1.29 is 29.1 Å². The summed E-state index contributed by atoms with van der Waals surface area (Å²) >= 11 is 0. The molecule has 0 aromatic heterocycles. The molecule has 0 radical (unpaired) electrons. The fraction of sp³-hybridized carbons (Fsp3) is 0.560. The third kappa shape index (κ3) is 10.0. The number of nitrogens with one attached hydrogen (secondary N) is 3. The number of primary amides is 1. The number of hydrogen-bond acceptors (Lipinski definition) is 6. The van der Waals surface area contributed by atoms with Gasteiger partial charge in [0, 0.05) is 12.8 Å². The highest BCUT2D eigenvalue weighted by molar-refractivity contribution is 5.94. The van der Waals surface area contributed by atoms with Gasteiger partial charge in [-0.3, -0.25) is 19.2 Å². The van der Waals surface area contributed by atoms with Crippen LogP contribution in [0.1, 0.15) is 52.5 Å². The summed E-state index contributed by atoms with van der Waals surface area (Å²) in [5.74, 6) is -4.34. The lowest BCUT2D eigenvalue weighted by atomic mass is 9.97. The molecule has 0 saturated heterocycles. The van der Waals surface area contributed by atoms with Gasteiger partial charge in [-0.2, -0.15) is 0 Å². The van der Waals surface area contributed by atoms with Gasteiger partial charge in [0.05, 0.1) is 6.04 Å². The fourth-order valence-electron chi connectivity index (χ4n) is 3.48. The molecule has 11 heteroatoms. The lowest BCUT2D eigenvalue weighted by Gasteiger charge is -2.28. The molecule has 1 aromatic rings. The van der Waals surface area contributed by atoms with E-state index in [4.69, 9.17) is 11.5 Å². The number of aliphatic carboxylic acids is 1. The van der Waals surface area contributed by atoms with Crippen LogP contribution >= 0.6 is 0 Å². The Morgan fingerprint density at radius 2 is 1.47 bits per heavy atom. The van der Waals surface area contributed by atoms with Crippen LogP contribution in [0, 0.1) is 11.8 Å². The summed E-state index contributed by atoms with van der Waals surface area (Å²) < 4.78 is 0. The predicted octanol–water partition coefficient (Wildman–Crippen LogP) is 0.0630. The molecule has 8 N–H and O–H groups in total. The SMILES string of the molecule is CCC(C)C(NC(=O)C(Cc1ccccc1)NC(=O)C(NC(=O)C(N)CCC(N)=O)C(C)C)C(=O)O. The van der Waals surface area contributed by atoms with Gasteiger partial charge in [0.1, 0.15) is 18.1 Å². The Morgan fingerprint density at radius 3 is 1.97 bits per heavy atom. The molecular weight excluding hydrogens is 466 g/mol. The first kappa shape index (κ1) is 30.6. The van der Waals surface area contributed by atoms with Crippen LogP contribution in [0.4, 0.5) is 0 Å². The largest absolute Gasteiger partial charge is 0.480 e. The van der Waals surface area contributed by atoms with Crippen molar-refractivity contribution in [3.63, 3.8) is 0 Å². The first-order valence-electron chi connectivity index (χ1n) is 12.1. The van der Waals surface area contributed by atoms with E-state index >= 15 is 0 Å². The second kappa shape index (κ2) is 14.8. The van der Waals surface area contributed by atoms with E-state index in [9.17, 15) is 29.1 Å². The number of benzene rings is 1. The molecule has 5 unspecified atom stereocenters. The van der Waals surface area contributed by atoms with Crippen molar-refractivity contribution in [2.24, 2.45) is 23.3 Å². The van der Waals surface area contributed by atoms with Gasteiger partial charge in [-0.05, 0) is 23.8 Å². The topological polar surface area (TPSA) is 194 Å². The maximum atomic E-state index is 13.2. The monoisotopic (exact) mass is 505 g/mol. The fourth-order valence-corrected chi connectivity index (χ4v) is 3.48. The van der Waals surface area contributed by atoms with E-state index in [2.05, 4.69) is 16.0 Å². The Labute approximate surface area is 211 Å². The van der Waals surface area contributed by atoms with Gasteiger partial charge >= 0.3 is 5.97 Å². The van der Waals surface area contributed by atoms with Gasteiger partial charge in [0.15, 0.2) is 0 Å². The van der Waals surface area contributed by atoms with Gasteiger partial charge in [0.25, 0.3) is 0 Å². The second-order valence-corrected chi connectivity index (χ2v) is 9.30. The van der Waals surface area contributed by atoms with Crippen LogP contribution in [0.25, 0.3) is 0 Å². The first-order valence-corrected chi connectivity index (χ1v) is 12.1. The molecule has 0 fully saturated rings. The summed E-state index contributed by atoms with van der Waals surface area (Å²) in [7, 11) is 0. The molecule has 1 aromatic carbocycles. The van der Waals surface area contributed by atoms with Gasteiger partial charge in [-0.15, -0.1) is 0 Å². The summed E-state index contributed by atoms with van der Waals surface area (Å²) in [6.45, 7) is 6.97. The van der Waals surface area contributed by atoms with Gasteiger partial charge < -0.3 is 32.5 Å². The standard InChI is InChI=1S/C25H39N5O6/c1-5-15(4)21(25(35)36)30-23(33)18(13-16-9-7-6-8-10-16)28-24(34)20(14(2)3)29-22(32)17(26)11-12-19(27)31/h6-10,14-15,17-18,20-21H,5,11-13,26H2,1-4H3,(H2,27,31)(H,28,34)(H,29,32)(H,30,33)(H,35,36). The summed E-state index contributed by atoms with van der Waals surface area (Å²) in [5.41, 5.74) is 11.7. The quantitative estimate of drug-likeness (QED) is 0.194. The van der Waals surface area contributed by atoms with Gasteiger partial charge in [-0.1, -0.05) is 64.4 Å². The van der Waals surface area contributed by atoms with Crippen LogP contribution in [-0.4, -0.2) is 58.9 Å². The zero-order valence-corrected chi connectivity index (χ0v) is 21.3. The minimum Gasteiger partial charge on any atom is -0.480 e. The summed E-state index contributed by atoms with van der Waals surface area (Å²) in [6, 6.07) is 4.69. The van der Waals surface area contributed by atoms with Crippen LogP contribution in [0.3, 0.4) is 0 Å². The molecule has 200 valence electrons. The molecule has 11 nitrogen and oxygen atoms in total. The van der Waals surface area contributed by atoms with E-state index < -0.39 is 53.8 Å². The van der Waals surface area contributed by atoms with Crippen molar-refractivity contribution in [1.82, 2.24) is 16.0 Å². The molecule has 0 spiro atoms. The van der Waals surface area contributed by atoms with Gasteiger partial charge in [0.2, 0.25) is 23.6 Å². The highest BCUT2D eigenvalue weighted by Crippen LogP contribution is 2.11. The molecule has 5 atom stereocenters. The van der Waals surface area contributed by atoms with E-state index in [0.717, 1.165) is 5.56 Å². The number of carboxylic acids is 1. The molecule has 0 aliphatic rings. The van der Waals surface area contributed by atoms with Crippen LogP contribution < -0.4 is 27.4 Å². The first-order chi connectivity index (χ1) is 16.9. The van der Waals surface area contributed by atoms with E-state index in [1.807, 2.05) is 13.0 Å². The minimum atomic E-state index is -1.17. The van der Waals surface area contributed by atoms with Crippen molar-refractivity contribution in [2.45, 2.75) is 77.5 Å². The zero-order valence-electron chi connectivity index (χ0n) is 21.3. The third-order valence-corrected chi connectivity index (χ3v) is 5.98. The lowest BCUT2D eigenvalue weighted by molar-refractivity contribution is -0.144. The number of rotatable bonds is 15. The van der Waals surface area contributed by atoms with Crippen LogP contribution in [0.15, 0.2) is 30.3 Å². The normalized spacial score (nSPS) is 15.2. The third-order valence-electron chi connectivity index (χ3n) is 5.98. The number of hydrogen-bond donors (Lipinski definition) is 6. The Balaban J connectivity index is 3.08. The van der Waals surface area contributed by atoms with Gasteiger partial charge in [-0.25, -0.2) is 4.79 Å². The maximum absolute atomic E-state index is 13.2. The molecule has 0 bridgehead atoms. The Hall–Kier alpha value is -3.47. The Morgan fingerprint density at radius 1 is 0.889 bits per heavy atom. The average Bonchev–Trinajstić information content (AvgIpc) is 2.83. The number of carboxylic acid groups (broad SMARTS) is 1. The smallest absolute Gasteiger partial charge is 0.326 e. The molecule has 36 heavy (non-hydrogen) atoms. The van der Waals surface area contributed by atoms with Crippen molar-refractivity contribution in [3.05, 3.63) is 35.9 Å². The Bertz CT molecular complexity index is 907. The molecule has 0 heterocycles. The van der Waals surface area contributed by atoms with E-state index in [1.54, 1.807) is 45.0 Å². The molecule has 0 saturated carbocycles. The Kier molecular flexibility index (Phi) is 12.6. The molecule has 0 aliphatic carbocycles. The predicted molar refractivity (Wildman–Crippen MR) is 134 cm³/mol. The number of nitrogens with two attached hydrogens (primary N) is 2. The molecule has 0 aliphatic heterocycles. The number of carbonyl (C=O) groups is 5. The van der Waals surface area contributed by atoms with Crippen LogP contribution in [-0.2, 0) is 30.4 Å². The van der Waals surface area contributed by atoms with E-state index in [-0.39, 0.29) is 31.1 Å². The van der Waals surface area contributed by atoms with Crippen molar-refractivity contribution in [1.29, 1.82) is 0 Å².